The van der Waals surface area contributed by atoms with E-state index in [4.69, 9.17) is 28.5 Å². The molecule has 1 heterocycles. The zero-order chi connectivity index (χ0) is 14.7. The maximum absolute atomic E-state index is 10.8. The zero-order valence-corrected chi connectivity index (χ0v) is 14.8. The van der Waals surface area contributed by atoms with E-state index in [0.717, 1.165) is 9.54 Å². The molecule has 0 radical (unpaired) electrons. The summed E-state index contributed by atoms with van der Waals surface area (Å²) in [6.45, 7) is 0. The Morgan fingerprint density at radius 2 is 1.95 bits per heavy atom. The van der Waals surface area contributed by atoms with Crippen LogP contribution in [0.25, 0.3) is 0 Å². The Balaban J connectivity index is 2.07. The summed E-state index contributed by atoms with van der Waals surface area (Å²) in [4.78, 5) is 12.1. The van der Waals surface area contributed by atoms with Crippen molar-refractivity contribution in [3.8, 4) is 0 Å². The summed E-state index contributed by atoms with van der Waals surface area (Å²) >= 11 is 12.0. The number of hydrogen-bond acceptors (Lipinski definition) is 2. The van der Waals surface area contributed by atoms with Gasteiger partial charge in [0.1, 0.15) is 0 Å². The van der Waals surface area contributed by atoms with Crippen LogP contribution in [0.3, 0.4) is 0 Å². The van der Waals surface area contributed by atoms with Crippen molar-refractivity contribution in [1.82, 2.24) is 0 Å². The normalized spacial score (nSPS) is 12.2. The molecule has 1 unspecified atom stereocenters. The van der Waals surface area contributed by atoms with E-state index in [-0.39, 0.29) is 0 Å². The van der Waals surface area contributed by atoms with Gasteiger partial charge in [0.2, 0.25) is 0 Å². The zero-order valence-electron chi connectivity index (χ0n) is 10.6. The second kappa shape index (κ2) is 6.86. The summed E-state index contributed by atoms with van der Waals surface area (Å²) in [6.07, 6.45) is -1.18. The van der Waals surface area contributed by atoms with Crippen LogP contribution in [0.4, 0.5) is 10.5 Å². The van der Waals surface area contributed by atoms with E-state index >= 15 is 0 Å². The predicted molar refractivity (Wildman–Crippen MR) is 87.1 cm³/mol. The van der Waals surface area contributed by atoms with E-state index in [1.54, 1.807) is 23.5 Å². The van der Waals surface area contributed by atoms with Gasteiger partial charge in [0.05, 0.1) is 0 Å². The molecule has 7 heteroatoms. The first-order valence-electron chi connectivity index (χ1n) is 5.71. The molecule has 1 atom stereocenters. The van der Waals surface area contributed by atoms with Gasteiger partial charge in [0, 0.05) is 0 Å². The van der Waals surface area contributed by atoms with Crippen molar-refractivity contribution in [2.24, 2.45) is 0 Å². The molecule has 1 aromatic carbocycles. The van der Waals surface area contributed by atoms with Gasteiger partial charge in [-0.1, -0.05) is 0 Å². The maximum atomic E-state index is 10.8. The van der Waals surface area contributed by atoms with E-state index in [1.807, 2.05) is 18.2 Å². The number of hydrogen-bond donors (Lipinski definition) is 1. The molecule has 1 N–H and O–H groups in total. The van der Waals surface area contributed by atoms with Gasteiger partial charge < -0.3 is 0 Å². The summed E-state index contributed by atoms with van der Waals surface area (Å²) in [5.41, 5.74) is 2.73. The fourth-order valence-corrected chi connectivity index (χ4v) is 7.15. The van der Waals surface area contributed by atoms with Crippen molar-refractivity contribution in [2.75, 3.05) is 4.42 Å². The van der Waals surface area contributed by atoms with Gasteiger partial charge in [-0.3, -0.25) is 0 Å². The molecule has 0 fully saturated rings. The van der Waals surface area contributed by atoms with Crippen molar-refractivity contribution in [3.63, 3.8) is 0 Å². The molecular formula is C13H12AsCl2NO2S. The molecule has 0 aliphatic carbocycles. The Labute approximate surface area is 136 Å². The van der Waals surface area contributed by atoms with Crippen LogP contribution in [0.5, 0.6) is 0 Å². The molecule has 0 aliphatic rings. The summed E-state index contributed by atoms with van der Waals surface area (Å²) in [6, 6.07) is 11.4. The Morgan fingerprint density at radius 3 is 2.45 bits per heavy atom. The monoisotopic (exact) mass is 391 g/mol. The molecule has 1 aromatic heterocycles. The van der Waals surface area contributed by atoms with Crippen molar-refractivity contribution in [1.29, 1.82) is 0 Å². The van der Waals surface area contributed by atoms with Crippen LogP contribution in [0.1, 0.15) is 4.88 Å². The molecular weight excluding hydrogens is 380 g/mol. The molecule has 0 spiro atoms. The SMILES string of the molecule is C[As](Cc1ccc(Cl)s1)c1ccc(N(Cl)C(=O)O)cc1. The second-order valence-electron chi connectivity index (χ2n) is 4.14. The van der Waals surface area contributed by atoms with Crippen LogP contribution in [-0.2, 0) is 5.21 Å². The van der Waals surface area contributed by atoms with Crippen LogP contribution in [0.15, 0.2) is 36.4 Å². The van der Waals surface area contributed by atoms with Gasteiger partial charge >= 0.3 is 136 Å². The minimum atomic E-state index is -1.18. The number of amides is 1. The molecule has 1 amide bonds. The summed E-state index contributed by atoms with van der Waals surface area (Å²) < 4.78 is 2.79. The fraction of sp³-hybridized carbons (Fsp3) is 0.154. The van der Waals surface area contributed by atoms with Crippen LogP contribution >= 0.6 is 34.7 Å². The molecule has 0 saturated carbocycles. The number of benzene rings is 1. The molecule has 106 valence electrons. The van der Waals surface area contributed by atoms with E-state index in [9.17, 15) is 4.79 Å². The van der Waals surface area contributed by atoms with Gasteiger partial charge in [0.15, 0.2) is 0 Å². The Morgan fingerprint density at radius 1 is 1.30 bits per heavy atom. The number of rotatable bonds is 4. The number of halogens is 2. The molecule has 0 saturated heterocycles. The molecule has 2 aromatic rings. The first kappa shape index (κ1) is 15.7. The van der Waals surface area contributed by atoms with Crippen molar-refractivity contribution in [3.05, 3.63) is 45.6 Å². The minimum absolute atomic E-state index is 0.462. The van der Waals surface area contributed by atoms with Gasteiger partial charge in [-0.15, -0.1) is 0 Å². The first-order valence-corrected chi connectivity index (χ1v) is 11.4. The fourth-order valence-electron chi connectivity index (χ4n) is 1.71. The third kappa shape index (κ3) is 3.92. The van der Waals surface area contributed by atoms with Gasteiger partial charge in [-0.25, -0.2) is 0 Å². The van der Waals surface area contributed by atoms with Crippen molar-refractivity contribution >= 4 is 65.5 Å². The molecule has 0 bridgehead atoms. The van der Waals surface area contributed by atoms with Gasteiger partial charge in [0.25, 0.3) is 0 Å². The number of nitrogens with zero attached hydrogens (tertiary/aromatic N) is 1. The van der Waals surface area contributed by atoms with Gasteiger partial charge in [-0.2, -0.15) is 0 Å². The van der Waals surface area contributed by atoms with Gasteiger partial charge in [-0.05, 0) is 0 Å². The molecule has 3 nitrogen and oxygen atoms in total. The van der Waals surface area contributed by atoms with E-state index in [2.05, 4.69) is 11.8 Å². The summed E-state index contributed by atoms with van der Waals surface area (Å²) in [5, 5.41) is 9.85. The van der Waals surface area contributed by atoms with Crippen molar-refractivity contribution in [2.45, 2.75) is 10.9 Å². The molecule has 0 aliphatic heterocycles. The van der Waals surface area contributed by atoms with Crippen LogP contribution in [-0.4, -0.2) is 25.9 Å². The Hall–Kier alpha value is -0.672. The average Bonchev–Trinajstić information content (AvgIpc) is 2.83. The van der Waals surface area contributed by atoms with E-state index < -0.39 is 20.7 Å². The molecule has 20 heavy (non-hydrogen) atoms. The van der Waals surface area contributed by atoms with E-state index in [1.165, 1.54) is 9.23 Å². The van der Waals surface area contributed by atoms with Crippen LogP contribution in [0.2, 0.25) is 10.0 Å². The third-order valence-corrected chi connectivity index (χ3v) is 8.93. The van der Waals surface area contributed by atoms with E-state index in [0.29, 0.717) is 10.1 Å². The predicted octanol–water partition coefficient (Wildman–Crippen LogP) is 4.15. The Kier molecular flexibility index (Phi) is 5.39. The number of anilines is 1. The summed E-state index contributed by atoms with van der Waals surface area (Å²) in [5.74, 6) is 0. The quantitative estimate of drug-likeness (QED) is 0.628. The topological polar surface area (TPSA) is 40.5 Å². The third-order valence-electron chi connectivity index (χ3n) is 2.71. The number of carbonyl (C=O) groups is 1. The Bertz CT molecular complexity index is 603. The van der Waals surface area contributed by atoms with Crippen LogP contribution < -0.4 is 8.77 Å². The first-order chi connectivity index (χ1) is 9.47. The average molecular weight is 392 g/mol. The molecule has 2 rings (SSSR count). The number of carboxylic acid groups (broad SMARTS) is 1. The van der Waals surface area contributed by atoms with Crippen molar-refractivity contribution < 1.29 is 9.90 Å². The summed E-state index contributed by atoms with van der Waals surface area (Å²) in [7, 11) is 0. The van der Waals surface area contributed by atoms with Crippen LogP contribution in [0, 0.1) is 0 Å². The second-order valence-corrected chi connectivity index (χ2v) is 11.0. The number of thiophene rings is 1. The standard InChI is InChI=1S/C13H12AsCl2NO2S/c1-14(8-11-6-7-12(15)20-11)9-2-4-10(5-3-9)17(16)13(18)19/h2-7H,8H2,1H3,(H,18,19).